The number of rotatable bonds is 9. The molecule has 196 valence electrons. The molecule has 4 aromatic rings. The van der Waals surface area contributed by atoms with Gasteiger partial charge in [0.1, 0.15) is 11.4 Å². The minimum atomic E-state index is -0.731. The maximum atomic E-state index is 13.8. The first-order valence-corrected chi connectivity index (χ1v) is 13.3. The molecule has 1 aliphatic rings. The standard InChI is InChI=1S/C30H27BrFNO5/c1-3-4-5-14-37-24-12-8-19(15-25(24)36-2)27-26-28(34)22-16-20(31)9-13-23(22)38-29(26)30(35)33(27)17-18-6-10-21(32)11-7-18/h6-13,15-16,27H,3-5,14,17H2,1-2H3. The topological polar surface area (TPSA) is 69.0 Å². The summed E-state index contributed by atoms with van der Waals surface area (Å²) in [5.41, 5.74) is 1.72. The van der Waals surface area contributed by atoms with Gasteiger partial charge in [-0.15, -0.1) is 0 Å². The smallest absolute Gasteiger partial charge is 0.291 e. The van der Waals surface area contributed by atoms with Crippen molar-refractivity contribution in [1.82, 2.24) is 4.90 Å². The van der Waals surface area contributed by atoms with Gasteiger partial charge in [0.2, 0.25) is 5.76 Å². The summed E-state index contributed by atoms with van der Waals surface area (Å²) in [4.78, 5) is 29.1. The Morgan fingerprint density at radius 1 is 1.00 bits per heavy atom. The minimum Gasteiger partial charge on any atom is -0.493 e. The third kappa shape index (κ3) is 4.92. The summed E-state index contributed by atoms with van der Waals surface area (Å²) >= 11 is 3.42. The first-order chi connectivity index (χ1) is 18.4. The molecule has 5 rings (SSSR count). The molecule has 0 saturated carbocycles. The third-order valence-corrected chi connectivity index (χ3v) is 7.20. The number of methoxy groups -OCH3 is 1. The van der Waals surface area contributed by atoms with Crippen LogP contribution < -0.4 is 14.9 Å². The second-order valence-corrected chi connectivity index (χ2v) is 10.2. The summed E-state index contributed by atoms with van der Waals surface area (Å²) < 4.78 is 31.9. The predicted octanol–water partition coefficient (Wildman–Crippen LogP) is 7.02. The SMILES string of the molecule is CCCCCOc1ccc(C2c3c(oc4ccc(Br)cc4c3=O)C(=O)N2Cc2ccc(F)cc2)cc1OC. The van der Waals surface area contributed by atoms with Crippen molar-refractivity contribution in [3.8, 4) is 11.5 Å². The number of fused-ring (bicyclic) bond motifs is 2. The van der Waals surface area contributed by atoms with Gasteiger partial charge >= 0.3 is 0 Å². The first-order valence-electron chi connectivity index (χ1n) is 12.5. The molecule has 0 N–H and O–H groups in total. The second kappa shape index (κ2) is 11.0. The van der Waals surface area contributed by atoms with E-state index in [4.69, 9.17) is 13.9 Å². The van der Waals surface area contributed by atoms with E-state index < -0.39 is 11.9 Å². The van der Waals surface area contributed by atoms with Crippen molar-refractivity contribution in [3.05, 3.63) is 104 Å². The van der Waals surface area contributed by atoms with Gasteiger partial charge in [-0.3, -0.25) is 9.59 Å². The maximum Gasteiger partial charge on any atom is 0.291 e. The summed E-state index contributed by atoms with van der Waals surface area (Å²) in [7, 11) is 1.56. The Morgan fingerprint density at radius 3 is 2.53 bits per heavy atom. The van der Waals surface area contributed by atoms with E-state index in [-0.39, 0.29) is 29.1 Å². The van der Waals surface area contributed by atoms with E-state index in [0.717, 1.165) is 29.3 Å². The quantitative estimate of drug-likeness (QED) is 0.199. The van der Waals surface area contributed by atoms with Gasteiger partial charge in [0.05, 0.1) is 30.7 Å². The maximum absolute atomic E-state index is 13.8. The molecule has 0 spiro atoms. The monoisotopic (exact) mass is 579 g/mol. The van der Waals surface area contributed by atoms with E-state index in [2.05, 4.69) is 22.9 Å². The molecule has 8 heteroatoms. The Hall–Kier alpha value is -3.65. The van der Waals surface area contributed by atoms with Gasteiger partial charge in [-0.2, -0.15) is 0 Å². The predicted molar refractivity (Wildman–Crippen MR) is 146 cm³/mol. The first kappa shape index (κ1) is 26.0. The molecule has 6 nitrogen and oxygen atoms in total. The number of hydrogen-bond donors (Lipinski definition) is 0. The number of nitrogens with zero attached hydrogens (tertiary/aromatic N) is 1. The number of unbranched alkanes of at least 4 members (excludes halogenated alkanes) is 2. The molecule has 2 heterocycles. The van der Waals surface area contributed by atoms with Crippen LogP contribution in [0.15, 0.2) is 74.3 Å². The molecule has 3 aromatic carbocycles. The number of hydrogen-bond acceptors (Lipinski definition) is 5. The fraction of sp³-hybridized carbons (Fsp3) is 0.267. The average Bonchev–Trinajstić information content (AvgIpc) is 3.19. The molecule has 0 saturated heterocycles. The molecule has 0 bridgehead atoms. The highest BCUT2D eigenvalue weighted by molar-refractivity contribution is 9.10. The number of benzene rings is 3. The fourth-order valence-corrected chi connectivity index (χ4v) is 5.16. The molecular weight excluding hydrogens is 553 g/mol. The van der Waals surface area contributed by atoms with Crippen molar-refractivity contribution >= 4 is 32.8 Å². The Balaban J connectivity index is 1.62. The zero-order valence-electron chi connectivity index (χ0n) is 21.1. The van der Waals surface area contributed by atoms with Gasteiger partial charge in [-0.1, -0.05) is 53.9 Å². The van der Waals surface area contributed by atoms with Crippen LogP contribution in [0.2, 0.25) is 0 Å². The highest BCUT2D eigenvalue weighted by Gasteiger charge is 2.43. The molecule has 1 unspecified atom stereocenters. The van der Waals surface area contributed by atoms with Gasteiger partial charge in [0.15, 0.2) is 16.9 Å². The van der Waals surface area contributed by atoms with Crippen molar-refractivity contribution in [2.45, 2.75) is 38.8 Å². The van der Waals surface area contributed by atoms with Gasteiger partial charge in [-0.25, -0.2) is 4.39 Å². The van der Waals surface area contributed by atoms with Gasteiger partial charge in [0.25, 0.3) is 5.91 Å². The van der Waals surface area contributed by atoms with E-state index in [1.54, 1.807) is 54.5 Å². The van der Waals surface area contributed by atoms with Crippen molar-refractivity contribution < 1.29 is 23.1 Å². The molecule has 1 atom stereocenters. The summed E-state index contributed by atoms with van der Waals surface area (Å²) in [5.74, 6) is 0.339. The molecular formula is C30H27BrFNO5. The van der Waals surface area contributed by atoms with Crippen LogP contribution in [0.5, 0.6) is 11.5 Å². The average molecular weight is 580 g/mol. The van der Waals surface area contributed by atoms with Gasteiger partial charge < -0.3 is 18.8 Å². The van der Waals surface area contributed by atoms with Crippen molar-refractivity contribution in [1.29, 1.82) is 0 Å². The van der Waals surface area contributed by atoms with Crippen molar-refractivity contribution in [2.24, 2.45) is 0 Å². The molecule has 0 radical (unpaired) electrons. The van der Waals surface area contributed by atoms with E-state index in [1.165, 1.54) is 12.1 Å². The number of amides is 1. The largest absolute Gasteiger partial charge is 0.493 e. The Labute approximate surface area is 228 Å². The minimum absolute atomic E-state index is 0.00999. The number of halogens is 2. The number of ether oxygens (including phenoxy) is 2. The lowest BCUT2D eigenvalue weighted by molar-refractivity contribution is 0.0714. The molecule has 1 aromatic heterocycles. The number of carbonyl (C=O) groups is 1. The van der Waals surface area contributed by atoms with Crippen LogP contribution in [-0.2, 0) is 6.54 Å². The van der Waals surface area contributed by atoms with Crippen LogP contribution in [0.4, 0.5) is 4.39 Å². The fourth-order valence-electron chi connectivity index (χ4n) is 4.80. The molecule has 0 fully saturated rings. The van der Waals surface area contributed by atoms with Gasteiger partial charge in [0, 0.05) is 11.0 Å². The van der Waals surface area contributed by atoms with E-state index >= 15 is 0 Å². The van der Waals surface area contributed by atoms with Crippen LogP contribution >= 0.6 is 15.9 Å². The van der Waals surface area contributed by atoms with E-state index in [1.807, 2.05) is 6.07 Å². The summed E-state index contributed by atoms with van der Waals surface area (Å²) in [6, 6.07) is 15.8. The van der Waals surface area contributed by atoms with Crippen molar-refractivity contribution in [3.63, 3.8) is 0 Å². The summed E-state index contributed by atoms with van der Waals surface area (Å²) in [6.45, 7) is 2.85. The lowest BCUT2D eigenvalue weighted by atomic mass is 9.97. The van der Waals surface area contributed by atoms with Crippen LogP contribution in [0, 0.1) is 5.82 Å². The summed E-state index contributed by atoms with van der Waals surface area (Å²) in [6.07, 6.45) is 3.09. The third-order valence-electron chi connectivity index (χ3n) is 6.70. The Morgan fingerprint density at radius 2 is 1.79 bits per heavy atom. The van der Waals surface area contributed by atoms with Crippen LogP contribution in [-0.4, -0.2) is 24.5 Å². The zero-order chi connectivity index (χ0) is 26.8. The molecule has 38 heavy (non-hydrogen) atoms. The van der Waals surface area contributed by atoms with Crippen LogP contribution in [0.25, 0.3) is 11.0 Å². The Kier molecular flexibility index (Phi) is 7.51. The highest BCUT2D eigenvalue weighted by Crippen LogP contribution is 2.42. The highest BCUT2D eigenvalue weighted by atomic mass is 79.9. The molecule has 0 aliphatic carbocycles. The van der Waals surface area contributed by atoms with E-state index in [0.29, 0.717) is 34.6 Å². The molecule has 1 amide bonds. The second-order valence-electron chi connectivity index (χ2n) is 9.24. The Bertz CT molecular complexity index is 1550. The van der Waals surface area contributed by atoms with Crippen LogP contribution in [0.3, 0.4) is 0 Å². The van der Waals surface area contributed by atoms with Crippen LogP contribution in [0.1, 0.15) is 59.5 Å². The van der Waals surface area contributed by atoms with E-state index in [9.17, 15) is 14.0 Å². The van der Waals surface area contributed by atoms with Gasteiger partial charge in [-0.05, 0) is 60.0 Å². The number of carbonyl (C=O) groups excluding carboxylic acids is 1. The lowest BCUT2D eigenvalue weighted by Gasteiger charge is -2.26. The lowest BCUT2D eigenvalue weighted by Crippen LogP contribution is -2.29. The normalized spacial score (nSPS) is 14.7. The van der Waals surface area contributed by atoms with Crippen molar-refractivity contribution in [2.75, 3.05) is 13.7 Å². The zero-order valence-corrected chi connectivity index (χ0v) is 22.7. The summed E-state index contributed by atoms with van der Waals surface area (Å²) in [5, 5.41) is 0.377. The molecule has 1 aliphatic heterocycles.